The van der Waals surface area contributed by atoms with Gasteiger partial charge < -0.3 is 9.88 Å². The van der Waals surface area contributed by atoms with Gasteiger partial charge in [0.25, 0.3) is 5.91 Å². The van der Waals surface area contributed by atoms with Gasteiger partial charge in [-0.05, 0) is 24.6 Å². The van der Waals surface area contributed by atoms with E-state index < -0.39 is 0 Å². The highest BCUT2D eigenvalue weighted by Crippen LogP contribution is 2.29. The number of amides is 1. The second-order valence-electron chi connectivity index (χ2n) is 6.59. The number of aryl methyl sites for hydroxylation is 1. The number of H-pyrrole nitrogens is 2. The smallest absolute Gasteiger partial charge is 0.270 e. The highest BCUT2D eigenvalue weighted by atomic mass is 32.1. The summed E-state index contributed by atoms with van der Waals surface area (Å²) in [7, 11) is 0. The third-order valence-electron chi connectivity index (χ3n) is 5.01. The Bertz CT molecular complexity index is 1110. The van der Waals surface area contributed by atoms with Crippen molar-refractivity contribution >= 4 is 28.1 Å². The predicted octanol–water partition coefficient (Wildman–Crippen LogP) is 3.52. The van der Waals surface area contributed by atoms with E-state index in [1.54, 1.807) is 16.8 Å². The van der Waals surface area contributed by atoms with Crippen molar-refractivity contribution in [1.82, 2.24) is 25.1 Å². The van der Waals surface area contributed by atoms with E-state index in [2.05, 4.69) is 33.2 Å². The zero-order valence-corrected chi connectivity index (χ0v) is 15.1. The van der Waals surface area contributed by atoms with Gasteiger partial charge in [0.15, 0.2) is 0 Å². The van der Waals surface area contributed by atoms with Crippen molar-refractivity contribution in [3.63, 3.8) is 0 Å². The van der Waals surface area contributed by atoms with Crippen LogP contribution in [0.3, 0.4) is 0 Å². The number of carbonyl (C=O) groups excluding carboxylic acids is 1. The zero-order valence-electron chi connectivity index (χ0n) is 14.2. The molecule has 1 aliphatic heterocycles. The van der Waals surface area contributed by atoms with Gasteiger partial charge in [-0.15, -0.1) is 11.3 Å². The quantitative estimate of drug-likeness (QED) is 0.572. The van der Waals surface area contributed by atoms with Crippen molar-refractivity contribution in [3.8, 4) is 11.4 Å². The lowest BCUT2D eigenvalue weighted by molar-refractivity contribution is 0.0729. The van der Waals surface area contributed by atoms with Crippen LogP contribution in [0.5, 0.6) is 0 Å². The first-order chi connectivity index (χ1) is 12.7. The molecule has 0 fully saturated rings. The maximum atomic E-state index is 13.1. The van der Waals surface area contributed by atoms with Crippen molar-refractivity contribution in [2.24, 2.45) is 0 Å². The SMILES string of the molecule is Cc1cccc2[nH]c(C(=O)N3CCc4n[nH]c(-c5cscn5)c4C3)cc12. The Labute approximate surface area is 153 Å². The fourth-order valence-corrected chi connectivity index (χ4v) is 4.15. The first-order valence-electron chi connectivity index (χ1n) is 8.53. The van der Waals surface area contributed by atoms with Crippen LogP contribution in [0.25, 0.3) is 22.3 Å². The van der Waals surface area contributed by atoms with Gasteiger partial charge in [0, 0.05) is 34.8 Å². The first-order valence-corrected chi connectivity index (χ1v) is 9.47. The number of nitrogens with one attached hydrogen (secondary N) is 2. The van der Waals surface area contributed by atoms with Gasteiger partial charge in [-0.25, -0.2) is 4.98 Å². The topological polar surface area (TPSA) is 77.7 Å². The lowest BCUT2D eigenvalue weighted by atomic mass is 10.0. The molecule has 2 N–H and O–H groups in total. The molecule has 0 unspecified atom stereocenters. The normalized spacial score (nSPS) is 14.0. The van der Waals surface area contributed by atoms with Crippen LogP contribution in [0.1, 0.15) is 27.3 Å². The Hall–Kier alpha value is -2.93. The van der Waals surface area contributed by atoms with E-state index in [1.807, 2.05) is 28.5 Å². The van der Waals surface area contributed by atoms with Crippen LogP contribution in [0, 0.1) is 6.92 Å². The van der Waals surface area contributed by atoms with E-state index in [0.717, 1.165) is 40.0 Å². The van der Waals surface area contributed by atoms with Crippen molar-refractivity contribution in [2.75, 3.05) is 6.54 Å². The van der Waals surface area contributed by atoms with E-state index in [-0.39, 0.29) is 5.91 Å². The summed E-state index contributed by atoms with van der Waals surface area (Å²) < 4.78 is 0. The number of thiazole rings is 1. The zero-order chi connectivity index (χ0) is 17.7. The molecule has 26 heavy (non-hydrogen) atoms. The highest BCUT2D eigenvalue weighted by molar-refractivity contribution is 7.07. The van der Waals surface area contributed by atoms with E-state index >= 15 is 0 Å². The molecule has 0 saturated carbocycles. The number of rotatable bonds is 2. The summed E-state index contributed by atoms with van der Waals surface area (Å²) in [5.74, 6) is 0.0247. The Balaban J connectivity index is 1.47. The van der Waals surface area contributed by atoms with E-state index in [4.69, 9.17) is 0 Å². The number of carbonyl (C=O) groups is 1. The summed E-state index contributed by atoms with van der Waals surface area (Å²) in [6.07, 6.45) is 0.751. The lowest BCUT2D eigenvalue weighted by Crippen LogP contribution is -2.36. The molecule has 1 amide bonds. The fraction of sp³-hybridized carbons (Fsp3) is 0.211. The predicted molar refractivity (Wildman–Crippen MR) is 101 cm³/mol. The van der Waals surface area contributed by atoms with Gasteiger partial charge in [-0.1, -0.05) is 12.1 Å². The molecule has 5 rings (SSSR count). The first kappa shape index (κ1) is 15.3. The summed E-state index contributed by atoms with van der Waals surface area (Å²) in [6.45, 7) is 3.27. The number of hydrogen-bond acceptors (Lipinski definition) is 4. The number of hydrogen-bond donors (Lipinski definition) is 2. The lowest BCUT2D eigenvalue weighted by Gasteiger charge is -2.26. The van der Waals surface area contributed by atoms with Crippen LogP contribution in [-0.4, -0.2) is 37.5 Å². The molecular formula is C19H17N5OS. The van der Waals surface area contributed by atoms with E-state index in [9.17, 15) is 4.79 Å². The van der Waals surface area contributed by atoms with Crippen molar-refractivity contribution < 1.29 is 4.79 Å². The van der Waals surface area contributed by atoms with Crippen molar-refractivity contribution in [1.29, 1.82) is 0 Å². The Kier molecular flexibility index (Phi) is 3.43. The van der Waals surface area contributed by atoms with Crippen LogP contribution >= 0.6 is 11.3 Å². The highest BCUT2D eigenvalue weighted by Gasteiger charge is 2.27. The van der Waals surface area contributed by atoms with E-state index in [0.29, 0.717) is 18.8 Å². The molecule has 0 radical (unpaired) electrons. The van der Waals surface area contributed by atoms with Crippen molar-refractivity contribution in [2.45, 2.75) is 19.9 Å². The molecule has 3 aromatic heterocycles. The van der Waals surface area contributed by atoms with Gasteiger partial charge in [0.2, 0.25) is 0 Å². The number of benzene rings is 1. The summed E-state index contributed by atoms with van der Waals surface area (Å²) in [4.78, 5) is 22.6. The van der Waals surface area contributed by atoms with Gasteiger partial charge in [0.05, 0.1) is 29.1 Å². The van der Waals surface area contributed by atoms with Gasteiger partial charge >= 0.3 is 0 Å². The monoisotopic (exact) mass is 363 g/mol. The summed E-state index contributed by atoms with van der Waals surface area (Å²) >= 11 is 1.55. The van der Waals surface area contributed by atoms with Crippen LogP contribution in [-0.2, 0) is 13.0 Å². The second-order valence-corrected chi connectivity index (χ2v) is 7.31. The van der Waals surface area contributed by atoms with Crippen LogP contribution in [0.2, 0.25) is 0 Å². The van der Waals surface area contributed by atoms with Crippen LogP contribution in [0.4, 0.5) is 0 Å². The molecule has 130 valence electrons. The van der Waals surface area contributed by atoms with Crippen LogP contribution < -0.4 is 0 Å². The number of fused-ring (bicyclic) bond motifs is 2. The Morgan fingerprint density at radius 2 is 2.27 bits per heavy atom. The average molecular weight is 363 g/mol. The third-order valence-corrected chi connectivity index (χ3v) is 5.59. The van der Waals surface area contributed by atoms with E-state index in [1.165, 1.54) is 5.56 Å². The minimum Gasteiger partial charge on any atom is -0.351 e. The van der Waals surface area contributed by atoms with Gasteiger partial charge in [-0.2, -0.15) is 5.10 Å². The molecule has 1 aliphatic rings. The maximum absolute atomic E-state index is 13.1. The molecule has 7 heteroatoms. The second kappa shape index (κ2) is 5.81. The van der Waals surface area contributed by atoms with Crippen molar-refractivity contribution in [3.05, 3.63) is 57.7 Å². The molecule has 1 aromatic carbocycles. The average Bonchev–Trinajstić information content (AvgIpc) is 3.39. The molecule has 4 aromatic rings. The van der Waals surface area contributed by atoms with Gasteiger partial charge in [-0.3, -0.25) is 9.89 Å². The van der Waals surface area contributed by atoms with Crippen LogP contribution in [0.15, 0.2) is 35.2 Å². The molecule has 0 saturated heterocycles. The molecule has 4 heterocycles. The molecule has 0 atom stereocenters. The molecule has 0 bridgehead atoms. The summed E-state index contributed by atoms with van der Waals surface area (Å²) in [6, 6.07) is 8.02. The summed E-state index contributed by atoms with van der Waals surface area (Å²) in [5.41, 5.74) is 8.52. The molecule has 0 spiro atoms. The Morgan fingerprint density at radius 1 is 1.35 bits per heavy atom. The maximum Gasteiger partial charge on any atom is 0.270 e. The number of nitrogens with zero attached hydrogens (tertiary/aromatic N) is 3. The summed E-state index contributed by atoms with van der Waals surface area (Å²) in [5, 5.41) is 10.6. The minimum absolute atomic E-state index is 0.0247. The molecular weight excluding hydrogens is 346 g/mol. The fourth-order valence-electron chi connectivity index (χ4n) is 3.60. The Morgan fingerprint density at radius 3 is 3.08 bits per heavy atom. The minimum atomic E-state index is 0.0247. The number of aromatic nitrogens is 4. The third kappa shape index (κ3) is 2.35. The molecule has 6 nitrogen and oxygen atoms in total. The standard InChI is InChI=1S/C19H17N5OS/c1-11-3-2-4-14-12(11)7-16(21-14)19(25)24-6-5-15-13(8-24)18(23-22-15)17-9-26-10-20-17/h2-4,7,9-10,21H,5-6,8H2,1H3,(H,22,23). The number of aromatic amines is 2. The molecule has 0 aliphatic carbocycles. The largest absolute Gasteiger partial charge is 0.351 e. The van der Waals surface area contributed by atoms with Gasteiger partial charge in [0.1, 0.15) is 5.69 Å².